The predicted octanol–water partition coefficient (Wildman–Crippen LogP) is 3.87. The number of carboxylic acids is 1. The van der Waals surface area contributed by atoms with E-state index in [1.807, 2.05) is 0 Å². The van der Waals surface area contributed by atoms with Gasteiger partial charge in [0.15, 0.2) is 0 Å². The van der Waals surface area contributed by atoms with Crippen molar-refractivity contribution < 1.29 is 28.6 Å². The minimum absolute atomic E-state index is 0.0878. The molecule has 0 saturated carbocycles. The molecule has 5 nitrogen and oxygen atoms in total. The van der Waals surface area contributed by atoms with Crippen LogP contribution in [0.5, 0.6) is 0 Å². The number of aliphatic hydroxyl groups is 1. The topological polar surface area (TPSA) is 77.8 Å². The number of nitrogens with zero attached hydrogens (tertiary/aromatic N) is 1. The average Bonchev–Trinajstić information content (AvgIpc) is 2.78. The van der Waals surface area contributed by atoms with Crippen LogP contribution in [0.1, 0.15) is 71.1 Å². The SMILES string of the molecule is CCCCC[C@H](O)C=C=C1CC(F)(F)C(=O)N1CCCCCCC(=O)O. The van der Waals surface area contributed by atoms with Crippen molar-refractivity contribution in [2.75, 3.05) is 6.54 Å². The maximum absolute atomic E-state index is 13.7. The van der Waals surface area contributed by atoms with Gasteiger partial charge in [0.05, 0.1) is 18.2 Å². The van der Waals surface area contributed by atoms with Crippen LogP contribution in [0, 0.1) is 0 Å². The second-order valence-electron chi connectivity index (χ2n) is 6.72. The van der Waals surface area contributed by atoms with Crippen molar-refractivity contribution >= 4 is 11.9 Å². The molecule has 148 valence electrons. The highest BCUT2D eigenvalue weighted by atomic mass is 19.3. The van der Waals surface area contributed by atoms with Crippen LogP contribution in [0.25, 0.3) is 0 Å². The van der Waals surface area contributed by atoms with Crippen LogP contribution in [0.2, 0.25) is 0 Å². The summed E-state index contributed by atoms with van der Waals surface area (Å²) in [6, 6.07) is 0. The number of rotatable bonds is 12. The van der Waals surface area contributed by atoms with Crippen LogP contribution in [0.4, 0.5) is 8.78 Å². The summed E-state index contributed by atoms with van der Waals surface area (Å²) in [6.45, 7) is 2.21. The van der Waals surface area contributed by atoms with Gasteiger partial charge in [-0.1, -0.05) is 39.0 Å². The Balaban J connectivity index is 2.59. The van der Waals surface area contributed by atoms with E-state index in [0.29, 0.717) is 32.1 Å². The molecule has 1 heterocycles. The first-order valence-electron chi connectivity index (χ1n) is 9.33. The first-order chi connectivity index (χ1) is 12.3. The number of hydrogen-bond donors (Lipinski definition) is 2. The number of hydrogen-bond acceptors (Lipinski definition) is 3. The molecule has 0 spiro atoms. The van der Waals surface area contributed by atoms with Gasteiger partial charge in [0.2, 0.25) is 0 Å². The highest BCUT2D eigenvalue weighted by molar-refractivity contribution is 5.88. The van der Waals surface area contributed by atoms with Crippen molar-refractivity contribution in [3.63, 3.8) is 0 Å². The molecule has 1 aliphatic heterocycles. The Morgan fingerprint density at radius 3 is 2.62 bits per heavy atom. The van der Waals surface area contributed by atoms with Gasteiger partial charge in [-0.15, -0.1) is 5.73 Å². The van der Waals surface area contributed by atoms with Gasteiger partial charge in [-0.2, -0.15) is 8.78 Å². The van der Waals surface area contributed by atoms with Crippen LogP contribution in [-0.4, -0.2) is 45.6 Å². The van der Waals surface area contributed by atoms with Crippen LogP contribution in [-0.2, 0) is 9.59 Å². The molecule has 0 bridgehead atoms. The van der Waals surface area contributed by atoms with Gasteiger partial charge in [0.1, 0.15) is 0 Å². The van der Waals surface area contributed by atoms with E-state index in [4.69, 9.17) is 5.11 Å². The number of aliphatic carboxylic acids is 1. The molecule has 0 aromatic heterocycles. The third-order valence-electron chi connectivity index (χ3n) is 4.34. The number of alkyl halides is 2. The number of unbranched alkanes of at least 4 members (excludes halogenated alkanes) is 5. The highest BCUT2D eigenvalue weighted by Gasteiger charge is 2.50. The molecule has 1 aliphatic rings. The van der Waals surface area contributed by atoms with Gasteiger partial charge < -0.3 is 15.1 Å². The summed E-state index contributed by atoms with van der Waals surface area (Å²) in [7, 11) is 0. The molecule has 1 fully saturated rings. The zero-order chi connectivity index (χ0) is 19.6. The normalized spacial score (nSPS) is 17.3. The molecule has 26 heavy (non-hydrogen) atoms. The largest absolute Gasteiger partial charge is 0.481 e. The van der Waals surface area contributed by atoms with E-state index in [1.54, 1.807) is 0 Å². The summed E-state index contributed by atoms with van der Waals surface area (Å²) in [6.07, 6.45) is 5.81. The van der Waals surface area contributed by atoms with Crippen LogP contribution in [0.15, 0.2) is 17.5 Å². The molecule has 0 radical (unpaired) electrons. The van der Waals surface area contributed by atoms with Crippen molar-refractivity contribution in [1.82, 2.24) is 4.90 Å². The zero-order valence-corrected chi connectivity index (χ0v) is 15.3. The average molecular weight is 373 g/mol. The monoisotopic (exact) mass is 373 g/mol. The lowest BCUT2D eigenvalue weighted by Gasteiger charge is -2.16. The Bertz CT molecular complexity index is 542. The number of carboxylic acid groups (broad SMARTS) is 1. The van der Waals surface area contributed by atoms with Crippen molar-refractivity contribution in [1.29, 1.82) is 0 Å². The van der Waals surface area contributed by atoms with Gasteiger partial charge in [-0.25, -0.2) is 0 Å². The summed E-state index contributed by atoms with van der Waals surface area (Å²) < 4.78 is 27.5. The minimum Gasteiger partial charge on any atom is -0.481 e. The Morgan fingerprint density at radius 1 is 1.27 bits per heavy atom. The summed E-state index contributed by atoms with van der Waals surface area (Å²) in [5.41, 5.74) is 2.81. The summed E-state index contributed by atoms with van der Waals surface area (Å²) in [5, 5.41) is 18.4. The van der Waals surface area contributed by atoms with E-state index in [0.717, 1.165) is 24.2 Å². The lowest BCUT2D eigenvalue weighted by molar-refractivity contribution is -0.147. The Labute approximate surface area is 153 Å². The molecule has 0 aromatic carbocycles. The number of carbonyl (C=O) groups is 2. The van der Waals surface area contributed by atoms with Gasteiger partial charge in [-0.05, 0) is 25.3 Å². The number of halogens is 2. The van der Waals surface area contributed by atoms with Crippen LogP contribution < -0.4 is 0 Å². The Kier molecular flexibility index (Phi) is 9.52. The fourth-order valence-electron chi connectivity index (χ4n) is 2.85. The maximum Gasteiger partial charge on any atom is 0.331 e. The molecular formula is C19H29F2NO4. The van der Waals surface area contributed by atoms with E-state index in [9.17, 15) is 23.5 Å². The van der Waals surface area contributed by atoms with Gasteiger partial charge >= 0.3 is 11.9 Å². The predicted molar refractivity (Wildman–Crippen MR) is 93.7 cm³/mol. The fraction of sp³-hybridized carbons (Fsp3) is 0.737. The molecule has 0 unspecified atom stereocenters. The van der Waals surface area contributed by atoms with E-state index in [-0.39, 0.29) is 18.7 Å². The zero-order valence-electron chi connectivity index (χ0n) is 15.3. The standard InChI is InChI=1S/C19H29F2NO4/c1-2-3-6-9-16(23)12-11-15-14-19(20,21)18(26)22(15)13-8-5-4-7-10-17(24)25/h12,16,23H,2-10,13-14H2,1H3,(H,24,25)/t11?,16-/m0/s1. The molecule has 1 atom stereocenters. The van der Waals surface area contributed by atoms with Crippen molar-refractivity contribution in [2.24, 2.45) is 0 Å². The smallest absolute Gasteiger partial charge is 0.331 e. The summed E-state index contributed by atoms with van der Waals surface area (Å²) in [5.74, 6) is -5.50. The van der Waals surface area contributed by atoms with E-state index >= 15 is 0 Å². The van der Waals surface area contributed by atoms with Crippen LogP contribution in [0.3, 0.4) is 0 Å². The fourth-order valence-corrected chi connectivity index (χ4v) is 2.85. The number of likely N-dealkylation sites (tertiary alicyclic amines) is 1. The number of amides is 1. The first-order valence-corrected chi connectivity index (χ1v) is 9.33. The molecule has 0 aromatic rings. The van der Waals surface area contributed by atoms with E-state index in [1.165, 1.54) is 6.08 Å². The van der Waals surface area contributed by atoms with E-state index < -0.39 is 30.3 Å². The second kappa shape index (κ2) is 11.1. The molecule has 1 rings (SSSR count). The second-order valence-corrected chi connectivity index (χ2v) is 6.72. The molecular weight excluding hydrogens is 344 g/mol. The lowest BCUT2D eigenvalue weighted by atomic mass is 10.1. The van der Waals surface area contributed by atoms with Gasteiger partial charge in [0, 0.05) is 13.0 Å². The Hall–Kier alpha value is -1.72. The number of carbonyl (C=O) groups excluding carboxylic acids is 1. The minimum atomic E-state index is -3.42. The maximum atomic E-state index is 13.7. The van der Waals surface area contributed by atoms with Crippen molar-refractivity contribution in [3.8, 4) is 0 Å². The summed E-state index contributed by atoms with van der Waals surface area (Å²) >= 11 is 0. The van der Waals surface area contributed by atoms with E-state index in [2.05, 4.69) is 12.7 Å². The van der Waals surface area contributed by atoms with Crippen molar-refractivity contribution in [2.45, 2.75) is 83.2 Å². The third-order valence-corrected chi connectivity index (χ3v) is 4.34. The molecule has 2 N–H and O–H groups in total. The van der Waals surface area contributed by atoms with Gasteiger partial charge in [0.25, 0.3) is 5.91 Å². The molecule has 1 amide bonds. The lowest BCUT2D eigenvalue weighted by Crippen LogP contribution is -2.33. The number of aliphatic hydroxyl groups excluding tert-OH is 1. The van der Waals surface area contributed by atoms with Crippen molar-refractivity contribution in [3.05, 3.63) is 17.5 Å². The highest BCUT2D eigenvalue weighted by Crippen LogP contribution is 2.35. The quantitative estimate of drug-likeness (QED) is 0.402. The third kappa shape index (κ3) is 7.67. The summed E-state index contributed by atoms with van der Waals surface area (Å²) in [4.78, 5) is 23.3. The Morgan fingerprint density at radius 2 is 1.96 bits per heavy atom. The molecule has 7 heteroatoms. The molecule has 0 aliphatic carbocycles. The van der Waals surface area contributed by atoms with Gasteiger partial charge in [-0.3, -0.25) is 9.59 Å². The van der Waals surface area contributed by atoms with Crippen LogP contribution >= 0.6 is 0 Å². The first kappa shape index (κ1) is 22.3. The molecule has 1 saturated heterocycles.